The molecule has 0 radical (unpaired) electrons. The largest absolute Gasteiger partial charge is 1.00 e. The Bertz CT molecular complexity index is 1340. The average molecular weight is 484 g/mol. The van der Waals surface area contributed by atoms with Gasteiger partial charge in [0.1, 0.15) is 5.75 Å². The molecule has 1 aromatic heterocycles. The van der Waals surface area contributed by atoms with E-state index in [1.54, 1.807) is 30.5 Å². The predicted molar refractivity (Wildman–Crippen MR) is 124 cm³/mol. The standard InChI is InChI=1S/C26H18F2N2O4.Na.H/c27-26(28)34-21-9-6-17(7-10-21)18-8-11-22(25(32)33)23(13-18)30-24(31)20-12-19(14-29-15-20)16-4-2-1-3-5-16;;/h1-15,26H,(H,30,31)(H,32,33);;/q;+1;-1. The summed E-state index contributed by atoms with van der Waals surface area (Å²) >= 11 is 0. The monoisotopic (exact) mass is 484 g/mol. The Hall–Kier alpha value is -3.59. The van der Waals surface area contributed by atoms with E-state index in [4.69, 9.17) is 0 Å². The molecule has 4 aromatic rings. The Labute approximate surface area is 223 Å². The summed E-state index contributed by atoms with van der Waals surface area (Å²) in [7, 11) is 0. The number of carboxylic acid groups (broad SMARTS) is 1. The summed E-state index contributed by atoms with van der Waals surface area (Å²) in [6.07, 6.45) is 3.03. The third-order valence-corrected chi connectivity index (χ3v) is 5.02. The molecule has 0 spiro atoms. The van der Waals surface area contributed by atoms with Crippen molar-refractivity contribution in [1.82, 2.24) is 4.98 Å². The second kappa shape index (κ2) is 11.7. The molecule has 4 rings (SSSR count). The molecule has 172 valence electrons. The van der Waals surface area contributed by atoms with E-state index >= 15 is 0 Å². The van der Waals surface area contributed by atoms with Crippen molar-refractivity contribution in [3.8, 4) is 28.0 Å². The predicted octanol–water partition coefficient (Wildman–Crippen LogP) is 3.08. The Morgan fingerprint density at radius 1 is 0.857 bits per heavy atom. The molecule has 0 aliphatic heterocycles. The number of hydrogen-bond acceptors (Lipinski definition) is 4. The molecule has 0 aliphatic rings. The molecular formula is C26H19F2N2NaO4. The number of aromatic carboxylic acids is 1. The minimum Gasteiger partial charge on any atom is -1.00 e. The molecule has 9 heteroatoms. The van der Waals surface area contributed by atoms with Crippen molar-refractivity contribution >= 4 is 17.6 Å². The molecule has 0 saturated carbocycles. The fourth-order valence-electron chi connectivity index (χ4n) is 3.39. The van der Waals surface area contributed by atoms with Crippen molar-refractivity contribution < 1.29 is 59.2 Å². The van der Waals surface area contributed by atoms with Crippen LogP contribution in [-0.4, -0.2) is 28.6 Å². The fourth-order valence-corrected chi connectivity index (χ4v) is 3.39. The van der Waals surface area contributed by atoms with Gasteiger partial charge in [-0.15, -0.1) is 0 Å². The van der Waals surface area contributed by atoms with Gasteiger partial charge in [0.25, 0.3) is 5.91 Å². The first-order valence-corrected chi connectivity index (χ1v) is 10.1. The van der Waals surface area contributed by atoms with Gasteiger partial charge in [-0.05, 0) is 47.0 Å². The molecule has 0 unspecified atom stereocenters. The van der Waals surface area contributed by atoms with Gasteiger partial charge in [-0.2, -0.15) is 8.78 Å². The number of aromatic nitrogens is 1. The number of nitrogens with one attached hydrogen (secondary N) is 1. The number of amides is 1. The van der Waals surface area contributed by atoms with E-state index in [2.05, 4.69) is 15.0 Å². The first-order chi connectivity index (χ1) is 16.4. The summed E-state index contributed by atoms with van der Waals surface area (Å²) in [6.45, 7) is -2.93. The topological polar surface area (TPSA) is 88.5 Å². The Balaban J connectivity index is 0.00000228. The van der Waals surface area contributed by atoms with Crippen molar-refractivity contribution in [3.63, 3.8) is 0 Å². The summed E-state index contributed by atoms with van der Waals surface area (Å²) in [6, 6.07) is 21.4. The summed E-state index contributed by atoms with van der Waals surface area (Å²) < 4.78 is 29.1. The molecule has 0 aliphatic carbocycles. The molecule has 2 N–H and O–H groups in total. The molecule has 6 nitrogen and oxygen atoms in total. The van der Waals surface area contributed by atoms with Gasteiger partial charge in [0.15, 0.2) is 0 Å². The number of carbonyl (C=O) groups excluding carboxylic acids is 1. The SMILES string of the molecule is O=C(Nc1cc(-c2ccc(OC(F)F)cc2)ccc1C(=O)O)c1cncc(-c2ccccc2)c1.[H-].[Na+]. The first kappa shape index (κ1) is 26.0. The molecule has 0 fully saturated rings. The van der Waals surface area contributed by atoms with Crippen LogP contribution in [0.25, 0.3) is 22.3 Å². The zero-order valence-electron chi connectivity index (χ0n) is 19.6. The second-order valence-corrected chi connectivity index (χ2v) is 7.25. The zero-order valence-corrected chi connectivity index (χ0v) is 20.6. The number of benzene rings is 3. The van der Waals surface area contributed by atoms with Crippen LogP contribution in [-0.2, 0) is 0 Å². The van der Waals surface area contributed by atoms with E-state index in [1.165, 1.54) is 30.5 Å². The van der Waals surface area contributed by atoms with Crippen LogP contribution in [0.4, 0.5) is 14.5 Å². The smallest absolute Gasteiger partial charge is 1.00 e. The van der Waals surface area contributed by atoms with Crippen molar-refractivity contribution in [2.45, 2.75) is 6.61 Å². The number of anilines is 1. The molecule has 3 aromatic carbocycles. The number of alkyl halides is 2. The average Bonchev–Trinajstić information content (AvgIpc) is 2.84. The molecular weight excluding hydrogens is 465 g/mol. The third kappa shape index (κ3) is 6.51. The van der Waals surface area contributed by atoms with Crippen molar-refractivity contribution in [2.24, 2.45) is 0 Å². The quantitative estimate of drug-likeness (QED) is 0.394. The van der Waals surface area contributed by atoms with Crippen molar-refractivity contribution in [2.75, 3.05) is 5.32 Å². The number of carbonyl (C=O) groups is 2. The number of halogens is 2. The molecule has 0 bridgehead atoms. The van der Waals surface area contributed by atoms with E-state index in [9.17, 15) is 23.5 Å². The van der Waals surface area contributed by atoms with Crippen LogP contribution in [0.2, 0.25) is 0 Å². The molecule has 35 heavy (non-hydrogen) atoms. The van der Waals surface area contributed by atoms with Crippen LogP contribution in [0.15, 0.2) is 91.3 Å². The van der Waals surface area contributed by atoms with E-state index in [1.807, 2.05) is 30.3 Å². The number of nitrogens with zero attached hydrogens (tertiary/aromatic N) is 1. The summed E-state index contributed by atoms with van der Waals surface area (Å²) in [5.74, 6) is -1.73. The number of hydrogen-bond donors (Lipinski definition) is 2. The second-order valence-electron chi connectivity index (χ2n) is 7.25. The Kier molecular flexibility index (Phi) is 8.70. The van der Waals surface area contributed by atoms with Gasteiger partial charge in [0.05, 0.1) is 16.8 Å². The molecule has 0 saturated heterocycles. The van der Waals surface area contributed by atoms with Crippen LogP contribution in [0.3, 0.4) is 0 Å². The Morgan fingerprint density at radius 3 is 2.17 bits per heavy atom. The first-order valence-electron chi connectivity index (χ1n) is 10.1. The third-order valence-electron chi connectivity index (χ3n) is 5.02. The van der Waals surface area contributed by atoms with Gasteiger partial charge in [0.2, 0.25) is 0 Å². The molecule has 1 amide bonds. The number of ether oxygens (including phenoxy) is 1. The number of rotatable bonds is 7. The fraction of sp³-hybridized carbons (Fsp3) is 0.0385. The molecule has 1 heterocycles. The van der Waals surface area contributed by atoms with Gasteiger partial charge < -0.3 is 16.6 Å². The van der Waals surface area contributed by atoms with E-state index in [-0.39, 0.29) is 53.5 Å². The molecule has 0 atom stereocenters. The van der Waals surface area contributed by atoms with Crippen LogP contribution in [0.5, 0.6) is 5.75 Å². The summed E-state index contributed by atoms with van der Waals surface area (Å²) in [5, 5.41) is 12.2. The van der Waals surface area contributed by atoms with Gasteiger partial charge in [-0.1, -0.05) is 48.5 Å². The number of pyridine rings is 1. The Morgan fingerprint density at radius 2 is 1.51 bits per heavy atom. The van der Waals surface area contributed by atoms with Gasteiger partial charge in [-0.25, -0.2) is 4.79 Å². The van der Waals surface area contributed by atoms with Gasteiger partial charge in [-0.3, -0.25) is 9.78 Å². The van der Waals surface area contributed by atoms with E-state index in [0.29, 0.717) is 11.1 Å². The maximum absolute atomic E-state index is 12.9. The van der Waals surface area contributed by atoms with Gasteiger partial charge >= 0.3 is 42.1 Å². The van der Waals surface area contributed by atoms with Crippen LogP contribution >= 0.6 is 0 Å². The van der Waals surface area contributed by atoms with Crippen LogP contribution in [0, 0.1) is 0 Å². The minimum absolute atomic E-state index is 0. The van der Waals surface area contributed by atoms with Gasteiger partial charge in [0, 0.05) is 18.0 Å². The van der Waals surface area contributed by atoms with Crippen LogP contribution < -0.4 is 39.6 Å². The number of carboxylic acids is 1. The summed E-state index contributed by atoms with van der Waals surface area (Å²) in [4.78, 5) is 28.8. The maximum atomic E-state index is 12.9. The van der Waals surface area contributed by atoms with Crippen LogP contribution in [0.1, 0.15) is 22.1 Å². The minimum atomic E-state index is -2.93. The van der Waals surface area contributed by atoms with E-state index < -0.39 is 18.5 Å². The van der Waals surface area contributed by atoms with Crippen molar-refractivity contribution in [3.05, 3.63) is 102 Å². The maximum Gasteiger partial charge on any atom is 1.00 e. The normalized spacial score (nSPS) is 10.4. The zero-order chi connectivity index (χ0) is 24.1. The van der Waals surface area contributed by atoms with E-state index in [0.717, 1.165) is 11.1 Å². The van der Waals surface area contributed by atoms with Crippen molar-refractivity contribution in [1.29, 1.82) is 0 Å². The summed E-state index contributed by atoms with van der Waals surface area (Å²) in [5.41, 5.74) is 3.09.